The smallest absolute Gasteiger partial charge is 0.265 e. The van der Waals surface area contributed by atoms with E-state index >= 15 is 0 Å². The summed E-state index contributed by atoms with van der Waals surface area (Å²) in [6.45, 7) is 4.86. The van der Waals surface area contributed by atoms with Crippen molar-refractivity contribution in [1.29, 1.82) is 0 Å². The summed E-state index contributed by atoms with van der Waals surface area (Å²) in [4.78, 5) is 14.9. The number of amides is 1. The molecule has 6 nitrogen and oxygen atoms in total. The Balaban J connectivity index is 1.46. The highest BCUT2D eigenvalue weighted by Crippen LogP contribution is 2.34. The summed E-state index contributed by atoms with van der Waals surface area (Å²) in [5.41, 5.74) is 2.75. The molecule has 2 aromatic carbocycles. The maximum atomic E-state index is 12.9. The van der Waals surface area contributed by atoms with Gasteiger partial charge in [-0.05, 0) is 80.6 Å². The fourth-order valence-corrected chi connectivity index (χ4v) is 6.22. The van der Waals surface area contributed by atoms with E-state index in [0.717, 1.165) is 35.0 Å². The molecule has 0 aromatic heterocycles. The lowest BCUT2D eigenvalue weighted by atomic mass is 10.1. The highest BCUT2D eigenvalue weighted by molar-refractivity contribution is 9.10. The van der Waals surface area contributed by atoms with Gasteiger partial charge in [0.05, 0.1) is 4.90 Å². The van der Waals surface area contributed by atoms with Crippen LogP contribution in [0.15, 0.2) is 45.8 Å². The number of nitrogens with zero attached hydrogens (tertiary/aromatic N) is 2. The van der Waals surface area contributed by atoms with Gasteiger partial charge in [0, 0.05) is 29.3 Å². The summed E-state index contributed by atoms with van der Waals surface area (Å²) >= 11 is 3.48. The van der Waals surface area contributed by atoms with Crippen molar-refractivity contribution in [2.75, 3.05) is 24.6 Å². The molecule has 0 bridgehead atoms. The van der Waals surface area contributed by atoms with E-state index in [1.54, 1.807) is 30.0 Å². The normalized spacial score (nSPS) is 19.2. The lowest BCUT2D eigenvalue weighted by Crippen LogP contribution is -2.39. The summed E-state index contributed by atoms with van der Waals surface area (Å²) in [7, 11) is -3.47. The Hall–Kier alpha value is -1.90. The van der Waals surface area contributed by atoms with E-state index in [-0.39, 0.29) is 23.5 Å². The molecule has 2 aromatic rings. The summed E-state index contributed by atoms with van der Waals surface area (Å²) < 4.78 is 33.8. The van der Waals surface area contributed by atoms with Crippen LogP contribution in [0.5, 0.6) is 5.75 Å². The largest absolute Gasteiger partial charge is 0.483 e. The third-order valence-corrected chi connectivity index (χ3v) is 8.11. The predicted octanol–water partition coefficient (Wildman–Crippen LogP) is 3.90. The first-order valence-electron chi connectivity index (χ1n) is 10.1. The first-order chi connectivity index (χ1) is 14.3. The van der Waals surface area contributed by atoms with Gasteiger partial charge in [0.15, 0.2) is 6.61 Å². The lowest BCUT2D eigenvalue weighted by Gasteiger charge is -2.23. The van der Waals surface area contributed by atoms with Crippen molar-refractivity contribution in [1.82, 2.24) is 4.31 Å². The van der Waals surface area contributed by atoms with E-state index in [2.05, 4.69) is 15.9 Å². The van der Waals surface area contributed by atoms with E-state index < -0.39 is 10.0 Å². The average Bonchev–Trinajstić information content (AvgIpc) is 3.34. The molecule has 8 heteroatoms. The van der Waals surface area contributed by atoms with Gasteiger partial charge in [-0.2, -0.15) is 4.31 Å². The van der Waals surface area contributed by atoms with Gasteiger partial charge in [-0.3, -0.25) is 4.79 Å². The number of fused-ring (bicyclic) bond motifs is 1. The minimum Gasteiger partial charge on any atom is -0.483 e. The lowest BCUT2D eigenvalue weighted by molar-refractivity contribution is -0.120. The van der Waals surface area contributed by atoms with Crippen molar-refractivity contribution >= 4 is 37.5 Å². The van der Waals surface area contributed by atoms with Crippen molar-refractivity contribution in [2.45, 2.75) is 44.0 Å². The van der Waals surface area contributed by atoms with Crippen LogP contribution in [0.1, 0.15) is 30.9 Å². The number of hydrogen-bond donors (Lipinski definition) is 0. The number of halogens is 1. The highest BCUT2D eigenvalue weighted by atomic mass is 79.9. The number of ether oxygens (including phenoxy) is 1. The van der Waals surface area contributed by atoms with Gasteiger partial charge in [0.25, 0.3) is 5.91 Å². The molecule has 0 spiro atoms. The van der Waals surface area contributed by atoms with Crippen molar-refractivity contribution in [2.24, 2.45) is 0 Å². The van der Waals surface area contributed by atoms with Crippen LogP contribution < -0.4 is 9.64 Å². The number of sulfonamides is 1. The third-order valence-electron chi connectivity index (χ3n) is 5.73. The zero-order chi connectivity index (χ0) is 21.5. The zero-order valence-electron chi connectivity index (χ0n) is 17.1. The molecule has 160 valence electrons. The van der Waals surface area contributed by atoms with Crippen LogP contribution in [0.25, 0.3) is 0 Å². The SMILES string of the molecule is Cc1cc(S(=O)(=O)N2CCCC2)ccc1OCC(=O)N1c2ccc(Br)cc2CC1C. The Morgan fingerprint density at radius 2 is 1.90 bits per heavy atom. The third kappa shape index (κ3) is 4.00. The van der Waals surface area contributed by atoms with Gasteiger partial charge in [-0.15, -0.1) is 0 Å². The van der Waals surface area contributed by atoms with Crippen LogP contribution in [0, 0.1) is 6.92 Å². The van der Waals surface area contributed by atoms with E-state index in [4.69, 9.17) is 4.74 Å². The number of rotatable bonds is 5. The molecule has 0 aliphatic carbocycles. The van der Waals surface area contributed by atoms with Crippen LogP contribution in [0.2, 0.25) is 0 Å². The maximum Gasteiger partial charge on any atom is 0.265 e. The number of aryl methyl sites for hydroxylation is 1. The number of benzene rings is 2. The molecule has 4 rings (SSSR count). The number of anilines is 1. The molecule has 2 heterocycles. The van der Waals surface area contributed by atoms with E-state index in [0.29, 0.717) is 24.4 Å². The van der Waals surface area contributed by atoms with Crippen LogP contribution >= 0.6 is 15.9 Å². The summed E-state index contributed by atoms with van der Waals surface area (Å²) in [6.07, 6.45) is 2.61. The van der Waals surface area contributed by atoms with Gasteiger partial charge >= 0.3 is 0 Å². The van der Waals surface area contributed by atoms with Crippen molar-refractivity contribution < 1.29 is 17.9 Å². The van der Waals surface area contributed by atoms with Crippen molar-refractivity contribution in [3.8, 4) is 5.75 Å². The van der Waals surface area contributed by atoms with E-state index in [1.165, 1.54) is 4.31 Å². The summed E-state index contributed by atoms with van der Waals surface area (Å²) in [5, 5.41) is 0. The Kier molecular flexibility index (Phi) is 5.92. The minimum atomic E-state index is -3.47. The van der Waals surface area contributed by atoms with Crippen LogP contribution in [-0.4, -0.2) is 44.4 Å². The molecule has 1 atom stereocenters. The van der Waals surface area contributed by atoms with Gasteiger partial charge in [-0.25, -0.2) is 8.42 Å². The molecule has 1 unspecified atom stereocenters. The molecule has 1 saturated heterocycles. The van der Waals surface area contributed by atoms with Crippen LogP contribution in [-0.2, 0) is 21.2 Å². The first kappa shape index (κ1) is 21.3. The molecule has 0 radical (unpaired) electrons. The fraction of sp³-hybridized carbons (Fsp3) is 0.409. The van der Waals surface area contributed by atoms with E-state index in [1.807, 2.05) is 25.1 Å². The first-order valence-corrected chi connectivity index (χ1v) is 12.3. The molecule has 2 aliphatic rings. The summed E-state index contributed by atoms with van der Waals surface area (Å²) in [6, 6.07) is 10.8. The molecular formula is C22H25BrN2O4S. The molecule has 0 saturated carbocycles. The molecular weight excluding hydrogens is 468 g/mol. The second kappa shape index (κ2) is 8.32. The van der Waals surface area contributed by atoms with Crippen LogP contribution in [0.3, 0.4) is 0 Å². The quantitative estimate of drug-likeness (QED) is 0.634. The predicted molar refractivity (Wildman–Crippen MR) is 119 cm³/mol. The van der Waals surface area contributed by atoms with Gasteiger partial charge in [0.2, 0.25) is 10.0 Å². The van der Waals surface area contributed by atoms with Crippen molar-refractivity contribution in [3.05, 3.63) is 52.0 Å². The Morgan fingerprint density at radius 3 is 2.60 bits per heavy atom. The number of carbonyl (C=O) groups is 1. The molecule has 0 N–H and O–H groups in total. The number of carbonyl (C=O) groups excluding carboxylic acids is 1. The van der Waals surface area contributed by atoms with Crippen molar-refractivity contribution in [3.63, 3.8) is 0 Å². The second-order valence-electron chi connectivity index (χ2n) is 7.92. The second-order valence-corrected chi connectivity index (χ2v) is 10.8. The summed E-state index contributed by atoms with van der Waals surface area (Å²) in [5.74, 6) is 0.406. The van der Waals surface area contributed by atoms with Crippen LogP contribution in [0.4, 0.5) is 5.69 Å². The fourth-order valence-electron chi connectivity index (χ4n) is 4.21. The molecule has 1 amide bonds. The Labute approximate surface area is 186 Å². The molecule has 1 fully saturated rings. The highest BCUT2D eigenvalue weighted by Gasteiger charge is 2.31. The monoisotopic (exact) mass is 492 g/mol. The maximum absolute atomic E-state index is 12.9. The standard InChI is InChI=1S/C22H25BrN2O4S/c1-15-11-19(30(27,28)24-9-3-4-10-24)6-8-21(15)29-14-22(26)25-16(2)12-17-13-18(23)5-7-20(17)25/h5-8,11,13,16H,3-4,9-10,12,14H2,1-2H3. The number of hydrogen-bond acceptors (Lipinski definition) is 4. The van der Waals surface area contributed by atoms with E-state index in [9.17, 15) is 13.2 Å². The Morgan fingerprint density at radius 1 is 1.17 bits per heavy atom. The average molecular weight is 493 g/mol. The van der Waals surface area contributed by atoms with Gasteiger partial charge < -0.3 is 9.64 Å². The Bertz CT molecular complexity index is 1080. The topological polar surface area (TPSA) is 66.9 Å². The zero-order valence-corrected chi connectivity index (χ0v) is 19.5. The van der Waals surface area contributed by atoms with Gasteiger partial charge in [0.1, 0.15) is 5.75 Å². The molecule has 30 heavy (non-hydrogen) atoms. The molecule has 2 aliphatic heterocycles. The van der Waals surface area contributed by atoms with Gasteiger partial charge in [-0.1, -0.05) is 15.9 Å². The minimum absolute atomic E-state index is 0.0690.